The first-order valence-electron chi connectivity index (χ1n) is 11.2. The van der Waals surface area contributed by atoms with Gasteiger partial charge in [0.2, 0.25) is 11.7 Å². The van der Waals surface area contributed by atoms with Crippen molar-refractivity contribution in [1.29, 1.82) is 0 Å². The van der Waals surface area contributed by atoms with Gasteiger partial charge in [-0.2, -0.15) is 0 Å². The first kappa shape index (κ1) is 22.3. The molecule has 0 aliphatic heterocycles. The average Bonchev–Trinajstić information content (AvgIpc) is 3.41. The predicted octanol–water partition coefficient (Wildman–Crippen LogP) is 6.24. The first-order valence-corrected chi connectivity index (χ1v) is 11.2. The van der Waals surface area contributed by atoms with Crippen molar-refractivity contribution >= 4 is 45.1 Å². The fourth-order valence-electron chi connectivity index (χ4n) is 4.30. The fraction of sp³-hybridized carbons (Fsp3) is 0.143. The van der Waals surface area contributed by atoms with Crippen LogP contribution in [0.5, 0.6) is 5.75 Å². The molecule has 0 fully saturated rings. The van der Waals surface area contributed by atoms with E-state index in [0.29, 0.717) is 28.1 Å². The molecule has 0 aliphatic rings. The summed E-state index contributed by atoms with van der Waals surface area (Å²) in [6.45, 7) is 4.00. The Morgan fingerprint density at radius 2 is 1.71 bits per heavy atom. The van der Waals surface area contributed by atoms with Crippen molar-refractivity contribution in [2.45, 2.75) is 20.3 Å². The van der Waals surface area contributed by atoms with Crippen molar-refractivity contribution in [2.24, 2.45) is 0 Å². The molecule has 0 radical (unpaired) electrons. The van der Waals surface area contributed by atoms with Gasteiger partial charge in [-0.1, -0.05) is 18.2 Å². The summed E-state index contributed by atoms with van der Waals surface area (Å²) in [6.07, 6.45) is 1.71. The Hall–Kier alpha value is -4.52. The van der Waals surface area contributed by atoms with E-state index >= 15 is 0 Å². The summed E-state index contributed by atoms with van der Waals surface area (Å²) in [7, 11) is 1.58. The SMILES string of the molecule is COc1ccc(NC(=O)c2oc3ccccc3c2NC(=O)Cc2coc3cc(C)cc(C)c23)cc1. The summed E-state index contributed by atoms with van der Waals surface area (Å²) < 4.78 is 16.7. The van der Waals surface area contributed by atoms with Crippen LogP contribution in [-0.2, 0) is 11.2 Å². The molecule has 2 N–H and O–H groups in total. The highest BCUT2D eigenvalue weighted by Gasteiger charge is 2.23. The molecule has 5 aromatic rings. The standard InChI is InChI=1S/C28H24N2O5/c1-16-12-17(2)25-18(15-34-23(25)13-16)14-24(31)30-26-21-6-4-5-7-22(21)35-27(26)28(32)29-19-8-10-20(33-3)11-9-19/h4-13,15H,14H2,1-3H3,(H,29,32)(H,30,31). The number of nitrogens with one attached hydrogen (secondary N) is 2. The predicted molar refractivity (Wildman–Crippen MR) is 135 cm³/mol. The molecule has 2 amide bonds. The lowest BCUT2D eigenvalue weighted by Gasteiger charge is -2.08. The van der Waals surface area contributed by atoms with Crippen molar-refractivity contribution in [3.8, 4) is 5.75 Å². The van der Waals surface area contributed by atoms with Gasteiger partial charge in [0, 0.05) is 22.0 Å². The third-order valence-electron chi connectivity index (χ3n) is 5.86. The summed E-state index contributed by atoms with van der Waals surface area (Å²) in [5.74, 6) is -0.0458. The van der Waals surface area contributed by atoms with Gasteiger partial charge < -0.3 is 24.2 Å². The number of hydrogen-bond acceptors (Lipinski definition) is 5. The first-order chi connectivity index (χ1) is 16.9. The lowest BCUT2D eigenvalue weighted by molar-refractivity contribution is -0.115. The second-order valence-corrected chi connectivity index (χ2v) is 8.43. The van der Waals surface area contributed by atoms with Crippen molar-refractivity contribution in [1.82, 2.24) is 0 Å². The second kappa shape index (κ2) is 9.02. The van der Waals surface area contributed by atoms with Gasteiger partial charge in [-0.05, 0) is 67.4 Å². The molecule has 5 rings (SSSR count). The number of anilines is 2. The van der Waals surface area contributed by atoms with Crippen molar-refractivity contribution in [3.63, 3.8) is 0 Å². The molecule has 176 valence electrons. The molecule has 2 aromatic heterocycles. The zero-order valence-corrected chi connectivity index (χ0v) is 19.6. The Bertz CT molecular complexity index is 1560. The van der Waals surface area contributed by atoms with Crippen molar-refractivity contribution < 1.29 is 23.2 Å². The third kappa shape index (κ3) is 4.36. The maximum Gasteiger partial charge on any atom is 0.293 e. The van der Waals surface area contributed by atoms with E-state index < -0.39 is 5.91 Å². The number of amides is 2. The highest BCUT2D eigenvalue weighted by molar-refractivity contribution is 6.14. The maximum atomic E-state index is 13.1. The van der Waals surface area contributed by atoms with E-state index in [0.717, 1.165) is 27.7 Å². The Morgan fingerprint density at radius 1 is 0.943 bits per heavy atom. The molecule has 7 nitrogen and oxygen atoms in total. The van der Waals surface area contributed by atoms with Crippen LogP contribution < -0.4 is 15.4 Å². The van der Waals surface area contributed by atoms with Gasteiger partial charge in [-0.15, -0.1) is 0 Å². The van der Waals surface area contributed by atoms with Gasteiger partial charge in [0.15, 0.2) is 0 Å². The van der Waals surface area contributed by atoms with Crippen LogP contribution in [0.3, 0.4) is 0 Å². The van der Waals surface area contributed by atoms with E-state index in [4.69, 9.17) is 13.6 Å². The highest BCUT2D eigenvalue weighted by atomic mass is 16.5. The Kier molecular flexibility index (Phi) is 5.74. The van der Waals surface area contributed by atoms with E-state index in [1.807, 2.05) is 32.0 Å². The molecule has 0 saturated heterocycles. The second-order valence-electron chi connectivity index (χ2n) is 8.43. The molecule has 0 spiro atoms. The fourth-order valence-corrected chi connectivity index (χ4v) is 4.30. The molecule has 0 atom stereocenters. The third-order valence-corrected chi connectivity index (χ3v) is 5.86. The van der Waals surface area contributed by atoms with Crippen LogP contribution >= 0.6 is 0 Å². The van der Waals surface area contributed by atoms with Crippen LogP contribution in [0.2, 0.25) is 0 Å². The number of benzene rings is 3. The van der Waals surface area contributed by atoms with Gasteiger partial charge >= 0.3 is 0 Å². The number of fused-ring (bicyclic) bond motifs is 2. The average molecular weight is 469 g/mol. The molecule has 2 heterocycles. The summed E-state index contributed by atoms with van der Waals surface area (Å²) in [5, 5.41) is 7.28. The summed E-state index contributed by atoms with van der Waals surface area (Å²) in [5.41, 5.74) is 5.08. The highest BCUT2D eigenvalue weighted by Crippen LogP contribution is 2.32. The number of ether oxygens (including phenoxy) is 1. The molecule has 0 bridgehead atoms. The number of methoxy groups -OCH3 is 1. The van der Waals surface area contributed by atoms with Crippen LogP contribution in [0.1, 0.15) is 27.2 Å². The number of carbonyl (C=O) groups excluding carboxylic acids is 2. The lowest BCUT2D eigenvalue weighted by atomic mass is 10.0. The minimum absolute atomic E-state index is 0.0271. The van der Waals surface area contributed by atoms with Crippen molar-refractivity contribution in [2.75, 3.05) is 17.7 Å². The van der Waals surface area contributed by atoms with Crippen molar-refractivity contribution in [3.05, 3.63) is 89.4 Å². The van der Waals surface area contributed by atoms with E-state index in [2.05, 4.69) is 16.7 Å². The van der Waals surface area contributed by atoms with Gasteiger partial charge in [0.25, 0.3) is 5.91 Å². The maximum absolute atomic E-state index is 13.1. The number of carbonyl (C=O) groups is 2. The quantitative estimate of drug-likeness (QED) is 0.308. The molecule has 7 heteroatoms. The molecular formula is C28H24N2O5. The van der Waals surface area contributed by atoms with E-state index in [1.54, 1.807) is 49.8 Å². The topological polar surface area (TPSA) is 93.7 Å². The van der Waals surface area contributed by atoms with Gasteiger partial charge in [0.05, 0.1) is 19.8 Å². The summed E-state index contributed by atoms with van der Waals surface area (Å²) >= 11 is 0. The van der Waals surface area contributed by atoms with E-state index in [1.165, 1.54) is 0 Å². The van der Waals surface area contributed by atoms with Crippen LogP contribution in [0, 0.1) is 13.8 Å². The normalized spacial score (nSPS) is 11.1. The van der Waals surface area contributed by atoms with Gasteiger partial charge in [-0.25, -0.2) is 0 Å². The summed E-state index contributed by atoms with van der Waals surface area (Å²) in [4.78, 5) is 26.2. The molecule has 0 saturated carbocycles. The van der Waals surface area contributed by atoms with Crippen LogP contribution in [0.15, 0.2) is 75.8 Å². The van der Waals surface area contributed by atoms with E-state index in [9.17, 15) is 9.59 Å². The smallest absolute Gasteiger partial charge is 0.293 e. The molecule has 3 aromatic carbocycles. The summed E-state index contributed by atoms with van der Waals surface area (Å²) in [6, 6.07) is 18.2. The van der Waals surface area contributed by atoms with Crippen LogP contribution in [-0.4, -0.2) is 18.9 Å². The van der Waals surface area contributed by atoms with Gasteiger partial charge in [-0.3, -0.25) is 9.59 Å². The Balaban J connectivity index is 1.43. The Morgan fingerprint density at radius 3 is 2.49 bits per heavy atom. The van der Waals surface area contributed by atoms with E-state index in [-0.39, 0.29) is 18.1 Å². The monoisotopic (exact) mass is 468 g/mol. The molecule has 0 unspecified atom stereocenters. The van der Waals surface area contributed by atoms with Crippen LogP contribution in [0.25, 0.3) is 21.9 Å². The number of aryl methyl sites for hydroxylation is 2. The zero-order valence-electron chi connectivity index (χ0n) is 19.6. The van der Waals surface area contributed by atoms with Crippen LogP contribution in [0.4, 0.5) is 11.4 Å². The number of hydrogen-bond donors (Lipinski definition) is 2. The minimum Gasteiger partial charge on any atom is -0.497 e. The Labute approximate surface area is 201 Å². The molecular weight excluding hydrogens is 444 g/mol. The molecule has 0 aliphatic carbocycles. The number of para-hydroxylation sites is 1. The number of furan rings is 2. The molecule has 35 heavy (non-hydrogen) atoms. The minimum atomic E-state index is -0.471. The van der Waals surface area contributed by atoms with Gasteiger partial charge in [0.1, 0.15) is 22.6 Å². The zero-order chi connectivity index (χ0) is 24.5. The lowest BCUT2D eigenvalue weighted by Crippen LogP contribution is -2.18. The number of rotatable bonds is 6. The largest absolute Gasteiger partial charge is 0.497 e.